The Balaban J connectivity index is 2.34. The van der Waals surface area contributed by atoms with Crippen molar-refractivity contribution in [2.45, 2.75) is 6.42 Å². The van der Waals surface area contributed by atoms with Crippen molar-refractivity contribution in [2.24, 2.45) is 0 Å². The second kappa shape index (κ2) is 6.68. The SMILES string of the molecule is COCCS(=O)(=O)NCCc1ccc(F)cc1. The van der Waals surface area contributed by atoms with Crippen molar-refractivity contribution in [2.75, 3.05) is 26.0 Å². The molecule has 0 amide bonds. The topological polar surface area (TPSA) is 55.4 Å². The molecular formula is C11H16FNO3S. The van der Waals surface area contributed by atoms with Gasteiger partial charge in [0.15, 0.2) is 0 Å². The van der Waals surface area contributed by atoms with Crippen LogP contribution in [0.3, 0.4) is 0 Å². The van der Waals surface area contributed by atoms with E-state index in [0.29, 0.717) is 13.0 Å². The maximum absolute atomic E-state index is 12.6. The second-order valence-corrected chi connectivity index (χ2v) is 5.51. The fraction of sp³-hybridized carbons (Fsp3) is 0.455. The molecule has 4 nitrogen and oxygen atoms in total. The minimum atomic E-state index is -3.27. The molecule has 0 fully saturated rings. The van der Waals surface area contributed by atoms with E-state index in [2.05, 4.69) is 4.72 Å². The molecule has 1 aromatic carbocycles. The molecule has 0 spiro atoms. The predicted molar refractivity (Wildman–Crippen MR) is 63.8 cm³/mol. The number of sulfonamides is 1. The molecule has 96 valence electrons. The molecule has 0 heterocycles. The van der Waals surface area contributed by atoms with Crippen LogP contribution in [0.25, 0.3) is 0 Å². The van der Waals surface area contributed by atoms with Crippen molar-refractivity contribution in [1.29, 1.82) is 0 Å². The predicted octanol–water partition coefficient (Wildman–Crippen LogP) is 0.934. The first kappa shape index (κ1) is 14.1. The van der Waals surface area contributed by atoms with Crippen LogP contribution >= 0.6 is 0 Å². The Labute approximate surface area is 101 Å². The van der Waals surface area contributed by atoms with Crippen molar-refractivity contribution >= 4 is 10.0 Å². The van der Waals surface area contributed by atoms with E-state index in [1.807, 2.05) is 0 Å². The number of nitrogens with one attached hydrogen (secondary N) is 1. The van der Waals surface area contributed by atoms with E-state index in [0.717, 1.165) is 5.56 Å². The first-order valence-corrected chi connectivity index (χ1v) is 6.89. The summed E-state index contributed by atoms with van der Waals surface area (Å²) in [4.78, 5) is 0. The number of rotatable bonds is 7. The number of methoxy groups -OCH3 is 1. The molecule has 0 aliphatic rings. The fourth-order valence-corrected chi connectivity index (χ4v) is 2.21. The summed E-state index contributed by atoms with van der Waals surface area (Å²) in [7, 11) is -1.82. The molecule has 0 bridgehead atoms. The van der Waals surface area contributed by atoms with Crippen LogP contribution in [-0.4, -0.2) is 34.4 Å². The lowest BCUT2D eigenvalue weighted by molar-refractivity contribution is 0.217. The number of halogens is 1. The van der Waals surface area contributed by atoms with Crippen molar-refractivity contribution in [3.05, 3.63) is 35.6 Å². The van der Waals surface area contributed by atoms with E-state index in [1.165, 1.54) is 19.2 Å². The highest BCUT2D eigenvalue weighted by Gasteiger charge is 2.08. The third kappa shape index (κ3) is 5.76. The van der Waals surface area contributed by atoms with Gasteiger partial charge in [-0.2, -0.15) is 0 Å². The van der Waals surface area contributed by atoms with Gasteiger partial charge in [-0.1, -0.05) is 12.1 Å². The fourth-order valence-electron chi connectivity index (χ4n) is 1.27. The molecule has 1 N–H and O–H groups in total. The molecule has 0 atom stereocenters. The second-order valence-electron chi connectivity index (χ2n) is 3.58. The smallest absolute Gasteiger partial charge is 0.213 e. The monoisotopic (exact) mass is 261 g/mol. The van der Waals surface area contributed by atoms with E-state index < -0.39 is 10.0 Å². The van der Waals surface area contributed by atoms with Crippen LogP contribution < -0.4 is 4.72 Å². The van der Waals surface area contributed by atoms with Crippen molar-refractivity contribution in [1.82, 2.24) is 4.72 Å². The molecule has 6 heteroatoms. The molecule has 0 aliphatic heterocycles. The van der Waals surface area contributed by atoms with Gasteiger partial charge in [0.25, 0.3) is 0 Å². The lowest BCUT2D eigenvalue weighted by atomic mass is 10.1. The van der Waals surface area contributed by atoms with Gasteiger partial charge in [-0.25, -0.2) is 17.5 Å². The number of hydrogen-bond donors (Lipinski definition) is 1. The third-order valence-corrected chi connectivity index (χ3v) is 3.55. The Morgan fingerprint density at radius 2 is 1.94 bits per heavy atom. The zero-order chi connectivity index (χ0) is 12.7. The van der Waals surface area contributed by atoms with Crippen molar-refractivity contribution in [3.8, 4) is 0 Å². The minimum absolute atomic E-state index is 0.0487. The Hall–Kier alpha value is -0.980. The van der Waals surface area contributed by atoms with Gasteiger partial charge >= 0.3 is 0 Å². The Bertz CT molecular complexity index is 431. The summed E-state index contributed by atoms with van der Waals surface area (Å²) in [6.45, 7) is 0.476. The first-order chi connectivity index (χ1) is 8.03. The molecule has 0 saturated carbocycles. The van der Waals surface area contributed by atoms with Crippen LogP contribution in [0.15, 0.2) is 24.3 Å². The van der Waals surface area contributed by atoms with E-state index in [1.54, 1.807) is 12.1 Å². The van der Waals surface area contributed by atoms with Gasteiger partial charge in [-0.3, -0.25) is 0 Å². The van der Waals surface area contributed by atoms with Crippen LogP contribution in [-0.2, 0) is 21.2 Å². The molecule has 17 heavy (non-hydrogen) atoms. The first-order valence-electron chi connectivity index (χ1n) is 5.24. The highest BCUT2D eigenvalue weighted by Crippen LogP contribution is 2.02. The van der Waals surface area contributed by atoms with Crippen LogP contribution in [0.4, 0.5) is 4.39 Å². The van der Waals surface area contributed by atoms with Crippen LogP contribution in [0, 0.1) is 5.82 Å². The van der Waals surface area contributed by atoms with E-state index in [9.17, 15) is 12.8 Å². The summed E-state index contributed by atoms with van der Waals surface area (Å²) >= 11 is 0. The quantitative estimate of drug-likeness (QED) is 0.794. The lowest BCUT2D eigenvalue weighted by Gasteiger charge is -2.06. The van der Waals surface area contributed by atoms with Gasteiger partial charge in [0.05, 0.1) is 12.4 Å². The normalized spacial score (nSPS) is 11.6. The number of hydrogen-bond acceptors (Lipinski definition) is 3. The van der Waals surface area contributed by atoms with E-state index in [-0.39, 0.29) is 18.2 Å². The van der Waals surface area contributed by atoms with Crippen molar-refractivity contribution in [3.63, 3.8) is 0 Å². The Morgan fingerprint density at radius 3 is 2.53 bits per heavy atom. The van der Waals surface area contributed by atoms with Crippen molar-refractivity contribution < 1.29 is 17.5 Å². The van der Waals surface area contributed by atoms with E-state index >= 15 is 0 Å². The summed E-state index contributed by atoms with van der Waals surface area (Å²) in [5, 5.41) is 0. The van der Waals surface area contributed by atoms with E-state index in [4.69, 9.17) is 4.74 Å². The number of benzene rings is 1. The number of ether oxygens (including phenoxy) is 1. The maximum atomic E-state index is 12.6. The van der Waals surface area contributed by atoms with Crippen LogP contribution in [0.2, 0.25) is 0 Å². The summed E-state index contributed by atoms with van der Waals surface area (Å²) in [5.74, 6) is -0.346. The Morgan fingerprint density at radius 1 is 1.29 bits per heavy atom. The average Bonchev–Trinajstić information content (AvgIpc) is 2.29. The zero-order valence-electron chi connectivity index (χ0n) is 9.65. The molecular weight excluding hydrogens is 245 g/mol. The molecule has 0 aromatic heterocycles. The molecule has 0 aliphatic carbocycles. The summed E-state index contributed by atoms with van der Waals surface area (Å²) < 4.78 is 42.5. The van der Waals surface area contributed by atoms with Gasteiger partial charge < -0.3 is 4.74 Å². The molecule has 0 saturated heterocycles. The van der Waals surface area contributed by atoms with Crippen LogP contribution in [0.1, 0.15) is 5.56 Å². The van der Waals surface area contributed by atoms with Crippen LogP contribution in [0.5, 0.6) is 0 Å². The summed E-state index contributed by atoms with van der Waals surface area (Å²) in [6, 6.07) is 5.99. The van der Waals surface area contributed by atoms with Gasteiger partial charge in [0, 0.05) is 13.7 Å². The molecule has 0 unspecified atom stereocenters. The highest BCUT2D eigenvalue weighted by molar-refractivity contribution is 7.89. The lowest BCUT2D eigenvalue weighted by Crippen LogP contribution is -2.29. The van der Waals surface area contributed by atoms with Gasteiger partial charge in [-0.05, 0) is 24.1 Å². The Kier molecular flexibility index (Phi) is 5.54. The summed E-state index contributed by atoms with van der Waals surface area (Å²) in [5.41, 5.74) is 0.890. The van der Waals surface area contributed by atoms with Gasteiger partial charge in [-0.15, -0.1) is 0 Å². The average molecular weight is 261 g/mol. The minimum Gasteiger partial charge on any atom is -0.384 e. The maximum Gasteiger partial charge on any atom is 0.213 e. The standard InChI is InChI=1S/C11H16FNO3S/c1-16-8-9-17(14,15)13-7-6-10-2-4-11(12)5-3-10/h2-5,13H,6-9H2,1H3. The largest absolute Gasteiger partial charge is 0.384 e. The molecule has 0 radical (unpaired) electrons. The summed E-state index contributed by atoms with van der Waals surface area (Å²) in [6.07, 6.45) is 0.534. The molecule has 1 rings (SSSR count). The zero-order valence-corrected chi connectivity index (χ0v) is 10.5. The van der Waals surface area contributed by atoms with Gasteiger partial charge in [0.2, 0.25) is 10.0 Å². The van der Waals surface area contributed by atoms with Gasteiger partial charge in [0.1, 0.15) is 5.82 Å². The molecule has 1 aromatic rings. The third-order valence-electron chi connectivity index (χ3n) is 2.21. The highest BCUT2D eigenvalue weighted by atomic mass is 32.2.